The lowest BCUT2D eigenvalue weighted by molar-refractivity contribution is 0.171. The van der Waals surface area contributed by atoms with Gasteiger partial charge in [0.1, 0.15) is 19.0 Å². The minimum atomic E-state index is 0.194. The number of hydrogen-bond acceptors (Lipinski definition) is 4. The predicted molar refractivity (Wildman–Crippen MR) is 129 cm³/mol. The molecule has 4 nitrogen and oxygen atoms in total. The molecule has 168 valence electrons. The molecule has 2 aromatic carbocycles. The van der Waals surface area contributed by atoms with E-state index in [-0.39, 0.29) is 6.10 Å². The number of hydrogen-bond donors (Lipinski definition) is 0. The quantitative estimate of drug-likeness (QED) is 0.448. The van der Waals surface area contributed by atoms with Gasteiger partial charge in [-0.25, -0.2) is 0 Å². The molecular formula is C25H31BrClNO3. The molecule has 2 aliphatic heterocycles. The van der Waals surface area contributed by atoms with Gasteiger partial charge in [-0.1, -0.05) is 27.5 Å². The Labute approximate surface area is 198 Å². The Bertz CT molecular complexity index is 897. The van der Waals surface area contributed by atoms with Gasteiger partial charge in [-0.3, -0.25) is 0 Å². The Balaban J connectivity index is 1.28. The van der Waals surface area contributed by atoms with Crippen LogP contribution in [0.2, 0.25) is 5.02 Å². The normalized spacial score (nSPS) is 17.2. The van der Waals surface area contributed by atoms with Crippen LogP contribution in [0.3, 0.4) is 0 Å². The smallest absolute Gasteiger partial charge is 0.162 e. The molecular weight excluding hydrogens is 478 g/mol. The van der Waals surface area contributed by atoms with Crippen molar-refractivity contribution in [1.82, 2.24) is 4.90 Å². The lowest BCUT2D eigenvalue weighted by Gasteiger charge is -2.32. The summed E-state index contributed by atoms with van der Waals surface area (Å²) < 4.78 is 18.4. The second-order valence-corrected chi connectivity index (χ2v) is 10.0. The van der Waals surface area contributed by atoms with Crippen molar-refractivity contribution in [2.24, 2.45) is 5.92 Å². The average molecular weight is 509 g/mol. The number of piperidine rings is 1. The SMILES string of the molecule is CC(C)Oc1ccc(Br)c(CC2CCN(CCc3cc4c(cc3Cl)OCCO4)CC2)c1. The number of benzene rings is 2. The van der Waals surface area contributed by atoms with Crippen LogP contribution >= 0.6 is 27.5 Å². The van der Waals surface area contributed by atoms with Crippen LogP contribution < -0.4 is 14.2 Å². The molecule has 31 heavy (non-hydrogen) atoms. The van der Waals surface area contributed by atoms with Crippen molar-refractivity contribution in [2.75, 3.05) is 32.8 Å². The van der Waals surface area contributed by atoms with E-state index in [9.17, 15) is 0 Å². The van der Waals surface area contributed by atoms with E-state index in [4.69, 9.17) is 25.8 Å². The summed E-state index contributed by atoms with van der Waals surface area (Å²) in [6, 6.07) is 10.3. The Kier molecular flexibility index (Phi) is 7.68. The van der Waals surface area contributed by atoms with Crippen molar-refractivity contribution in [1.29, 1.82) is 0 Å². The molecule has 0 unspecified atom stereocenters. The third-order valence-corrected chi connectivity index (χ3v) is 7.14. The highest BCUT2D eigenvalue weighted by atomic mass is 79.9. The molecule has 0 bridgehead atoms. The zero-order valence-electron chi connectivity index (χ0n) is 18.3. The summed E-state index contributed by atoms with van der Waals surface area (Å²) in [5.41, 5.74) is 2.48. The molecule has 2 aromatic rings. The van der Waals surface area contributed by atoms with Crippen molar-refractivity contribution in [3.63, 3.8) is 0 Å². The molecule has 0 aliphatic carbocycles. The molecule has 0 atom stereocenters. The average Bonchev–Trinajstić information content (AvgIpc) is 2.75. The largest absolute Gasteiger partial charge is 0.491 e. The molecule has 2 aliphatic rings. The van der Waals surface area contributed by atoms with Gasteiger partial charge in [0.15, 0.2) is 11.5 Å². The van der Waals surface area contributed by atoms with Gasteiger partial charge >= 0.3 is 0 Å². The molecule has 0 aromatic heterocycles. The van der Waals surface area contributed by atoms with E-state index < -0.39 is 0 Å². The third-order valence-electron chi connectivity index (χ3n) is 6.01. The Morgan fingerprint density at radius 1 is 1.06 bits per heavy atom. The Morgan fingerprint density at radius 2 is 1.77 bits per heavy atom. The number of nitrogens with zero attached hydrogens (tertiary/aromatic N) is 1. The minimum Gasteiger partial charge on any atom is -0.491 e. The van der Waals surface area contributed by atoms with Gasteiger partial charge in [-0.2, -0.15) is 0 Å². The van der Waals surface area contributed by atoms with E-state index in [2.05, 4.69) is 46.8 Å². The van der Waals surface area contributed by atoms with Crippen molar-refractivity contribution in [3.05, 3.63) is 51.0 Å². The fraction of sp³-hybridized carbons (Fsp3) is 0.520. The van der Waals surface area contributed by atoms with Crippen LogP contribution in [0, 0.1) is 5.92 Å². The maximum absolute atomic E-state index is 6.48. The molecule has 2 heterocycles. The highest BCUT2D eigenvalue weighted by Gasteiger charge is 2.21. The van der Waals surface area contributed by atoms with Gasteiger partial charge in [0.05, 0.1) is 6.10 Å². The van der Waals surface area contributed by atoms with Gasteiger partial charge < -0.3 is 19.1 Å². The first-order valence-electron chi connectivity index (χ1n) is 11.2. The highest BCUT2D eigenvalue weighted by Crippen LogP contribution is 2.36. The van der Waals surface area contributed by atoms with Crippen LogP contribution in [0.5, 0.6) is 17.2 Å². The van der Waals surface area contributed by atoms with E-state index in [1.807, 2.05) is 18.2 Å². The molecule has 6 heteroatoms. The summed E-state index contributed by atoms with van der Waals surface area (Å²) in [7, 11) is 0. The topological polar surface area (TPSA) is 30.9 Å². The molecule has 0 amide bonds. The summed E-state index contributed by atoms with van der Waals surface area (Å²) >= 11 is 10.2. The summed E-state index contributed by atoms with van der Waals surface area (Å²) in [6.07, 6.45) is 4.66. The van der Waals surface area contributed by atoms with Gasteiger partial charge in [0, 0.05) is 22.1 Å². The summed E-state index contributed by atoms with van der Waals surface area (Å²) in [4.78, 5) is 2.55. The van der Waals surface area contributed by atoms with E-state index in [1.54, 1.807) is 0 Å². The zero-order chi connectivity index (χ0) is 21.8. The van der Waals surface area contributed by atoms with Crippen molar-refractivity contribution in [3.8, 4) is 17.2 Å². The second kappa shape index (κ2) is 10.5. The minimum absolute atomic E-state index is 0.194. The molecule has 0 spiro atoms. The summed E-state index contributed by atoms with van der Waals surface area (Å²) in [5, 5.41) is 0.771. The monoisotopic (exact) mass is 507 g/mol. The lowest BCUT2D eigenvalue weighted by Crippen LogP contribution is -2.35. The Hall–Kier alpha value is -1.43. The maximum Gasteiger partial charge on any atom is 0.162 e. The number of halogens is 2. The van der Waals surface area contributed by atoms with Crippen LogP contribution in [-0.4, -0.2) is 43.9 Å². The Morgan fingerprint density at radius 3 is 2.48 bits per heavy atom. The maximum atomic E-state index is 6.48. The molecule has 4 rings (SSSR count). The number of rotatable bonds is 7. The standard InChI is InChI=1S/C25H31BrClNO3/c1-17(2)31-21-3-4-22(26)20(14-21)13-18-5-8-28(9-6-18)10-7-19-15-24-25(16-23(19)27)30-12-11-29-24/h3-4,14-18H,5-13H2,1-2H3. The van der Waals surface area contributed by atoms with Crippen molar-refractivity contribution >= 4 is 27.5 Å². The predicted octanol–water partition coefficient (Wildman–Crippen LogP) is 6.16. The summed E-state index contributed by atoms with van der Waals surface area (Å²) in [6.45, 7) is 8.60. The molecule has 1 fully saturated rings. The van der Waals surface area contributed by atoms with E-state index in [0.29, 0.717) is 19.1 Å². The van der Waals surface area contributed by atoms with Gasteiger partial charge in [0.25, 0.3) is 0 Å². The number of ether oxygens (including phenoxy) is 3. The van der Waals surface area contributed by atoms with Crippen molar-refractivity contribution < 1.29 is 14.2 Å². The first-order valence-corrected chi connectivity index (χ1v) is 12.4. The fourth-order valence-electron chi connectivity index (χ4n) is 4.35. The van der Waals surface area contributed by atoms with Crippen LogP contribution in [0.25, 0.3) is 0 Å². The lowest BCUT2D eigenvalue weighted by atomic mass is 9.90. The molecule has 0 radical (unpaired) electrons. The van der Waals surface area contributed by atoms with E-state index in [1.165, 1.54) is 22.9 Å². The van der Waals surface area contributed by atoms with E-state index >= 15 is 0 Å². The van der Waals surface area contributed by atoms with Crippen molar-refractivity contribution in [2.45, 2.75) is 45.6 Å². The third kappa shape index (κ3) is 6.09. The first-order chi connectivity index (χ1) is 15.0. The molecule has 0 saturated carbocycles. The number of fused-ring (bicyclic) bond motifs is 1. The fourth-order valence-corrected chi connectivity index (χ4v) is 5.01. The first kappa shape index (κ1) is 22.8. The van der Waals surface area contributed by atoms with Crippen LogP contribution in [0.15, 0.2) is 34.8 Å². The van der Waals surface area contributed by atoms with Gasteiger partial charge in [0.2, 0.25) is 0 Å². The summed E-state index contributed by atoms with van der Waals surface area (Å²) in [5.74, 6) is 3.25. The van der Waals surface area contributed by atoms with Crippen LogP contribution in [0.1, 0.15) is 37.8 Å². The van der Waals surface area contributed by atoms with E-state index in [0.717, 1.165) is 60.3 Å². The second-order valence-electron chi connectivity index (χ2n) is 8.75. The van der Waals surface area contributed by atoms with Crippen LogP contribution in [0.4, 0.5) is 0 Å². The van der Waals surface area contributed by atoms with Crippen LogP contribution in [-0.2, 0) is 12.8 Å². The zero-order valence-corrected chi connectivity index (χ0v) is 20.7. The molecule has 1 saturated heterocycles. The highest BCUT2D eigenvalue weighted by molar-refractivity contribution is 9.10. The molecule has 0 N–H and O–H groups in total. The van der Waals surface area contributed by atoms with Gasteiger partial charge in [-0.15, -0.1) is 0 Å². The number of likely N-dealkylation sites (tertiary alicyclic amines) is 1. The van der Waals surface area contributed by atoms with Gasteiger partial charge in [-0.05, 0) is 93.9 Å².